The highest BCUT2D eigenvalue weighted by molar-refractivity contribution is 5.74. The molecule has 3 rings (SSSR count). The van der Waals surface area contributed by atoms with Gasteiger partial charge in [0.25, 0.3) is 0 Å². The molecule has 1 saturated heterocycles. The van der Waals surface area contributed by atoms with Crippen molar-refractivity contribution >= 4 is 6.03 Å². The fourth-order valence-corrected chi connectivity index (χ4v) is 4.19. The molecule has 0 radical (unpaired) electrons. The molecule has 1 atom stereocenters. The molecule has 1 aliphatic heterocycles. The van der Waals surface area contributed by atoms with Crippen LogP contribution in [0.15, 0.2) is 12.4 Å². The zero-order valence-electron chi connectivity index (χ0n) is 15.9. The number of nitrogens with zero attached hydrogens (tertiary/aromatic N) is 3. The maximum Gasteiger partial charge on any atom is 0.315 e. The van der Waals surface area contributed by atoms with E-state index in [1.807, 2.05) is 20.2 Å². The van der Waals surface area contributed by atoms with Gasteiger partial charge >= 0.3 is 6.03 Å². The second kappa shape index (κ2) is 8.21. The summed E-state index contributed by atoms with van der Waals surface area (Å²) in [5, 5.41) is 10.3. The summed E-state index contributed by atoms with van der Waals surface area (Å²) in [6.07, 6.45) is 11.3. The average Bonchev–Trinajstić information content (AvgIpc) is 3.03. The van der Waals surface area contributed by atoms with Gasteiger partial charge in [0.15, 0.2) is 0 Å². The van der Waals surface area contributed by atoms with Crippen LogP contribution in [-0.4, -0.2) is 45.9 Å². The van der Waals surface area contributed by atoms with Crippen molar-refractivity contribution in [3.8, 4) is 0 Å². The number of piperidine rings is 1. The van der Waals surface area contributed by atoms with Crippen LogP contribution in [0.5, 0.6) is 0 Å². The summed E-state index contributed by atoms with van der Waals surface area (Å²) >= 11 is 0. The van der Waals surface area contributed by atoms with Gasteiger partial charge < -0.3 is 15.5 Å². The molecule has 1 saturated carbocycles. The van der Waals surface area contributed by atoms with Crippen molar-refractivity contribution in [2.24, 2.45) is 13.0 Å². The standard InChI is InChI=1S/C19H33N5O/c1-14-4-6-18(7-5-14)24-10-8-17(9-11-24)22-19(25)21-15(2)16-12-20-23(3)13-16/h12-15,17-18H,4-11H2,1-3H3,(H2,21,22,25). The number of aryl methyl sites for hydroxylation is 1. The van der Waals surface area contributed by atoms with Gasteiger partial charge in [-0.2, -0.15) is 5.10 Å². The second-order valence-electron chi connectivity index (χ2n) is 8.01. The summed E-state index contributed by atoms with van der Waals surface area (Å²) in [5.74, 6) is 0.904. The van der Waals surface area contributed by atoms with E-state index < -0.39 is 0 Å². The highest BCUT2D eigenvalue weighted by Gasteiger charge is 2.28. The van der Waals surface area contributed by atoms with Crippen molar-refractivity contribution in [2.45, 2.75) is 70.5 Å². The minimum absolute atomic E-state index is 0.0296. The number of carbonyl (C=O) groups excluding carboxylic acids is 1. The molecule has 2 aliphatic rings. The van der Waals surface area contributed by atoms with Crippen molar-refractivity contribution in [3.63, 3.8) is 0 Å². The van der Waals surface area contributed by atoms with Crippen LogP contribution in [0.3, 0.4) is 0 Å². The first-order valence-electron chi connectivity index (χ1n) is 9.81. The monoisotopic (exact) mass is 347 g/mol. The third-order valence-corrected chi connectivity index (χ3v) is 5.94. The Morgan fingerprint density at radius 1 is 1.20 bits per heavy atom. The Hall–Kier alpha value is -1.56. The van der Waals surface area contributed by atoms with E-state index in [0.29, 0.717) is 6.04 Å². The van der Waals surface area contributed by atoms with Crippen LogP contribution >= 0.6 is 0 Å². The Morgan fingerprint density at radius 2 is 1.88 bits per heavy atom. The first-order chi connectivity index (χ1) is 12.0. The fraction of sp³-hybridized carbons (Fsp3) is 0.789. The maximum absolute atomic E-state index is 12.3. The average molecular weight is 348 g/mol. The molecule has 2 N–H and O–H groups in total. The van der Waals surface area contributed by atoms with Gasteiger partial charge in [0.1, 0.15) is 0 Å². The number of likely N-dealkylation sites (tertiary alicyclic amines) is 1. The van der Waals surface area contributed by atoms with Crippen LogP contribution in [-0.2, 0) is 7.05 Å². The van der Waals surface area contributed by atoms with Crippen molar-refractivity contribution < 1.29 is 4.79 Å². The SMILES string of the molecule is CC1CCC(N2CCC(NC(=O)NC(C)c3cnn(C)c3)CC2)CC1. The lowest BCUT2D eigenvalue weighted by Gasteiger charge is -2.40. The topological polar surface area (TPSA) is 62.2 Å². The number of hydrogen-bond acceptors (Lipinski definition) is 3. The molecule has 0 spiro atoms. The molecule has 1 unspecified atom stereocenters. The molecular weight excluding hydrogens is 314 g/mol. The van der Waals surface area contributed by atoms with Crippen LogP contribution in [0, 0.1) is 5.92 Å². The molecule has 6 nitrogen and oxygen atoms in total. The zero-order chi connectivity index (χ0) is 17.8. The Balaban J connectivity index is 1.39. The smallest absolute Gasteiger partial charge is 0.315 e. The van der Waals surface area contributed by atoms with E-state index in [2.05, 4.69) is 27.6 Å². The molecule has 1 aromatic heterocycles. The fourth-order valence-electron chi connectivity index (χ4n) is 4.19. The molecule has 2 heterocycles. The van der Waals surface area contributed by atoms with Gasteiger partial charge in [-0.15, -0.1) is 0 Å². The molecule has 1 aliphatic carbocycles. The number of rotatable bonds is 4. The minimum Gasteiger partial charge on any atom is -0.335 e. The van der Waals surface area contributed by atoms with Crippen LogP contribution in [0.2, 0.25) is 0 Å². The first kappa shape index (κ1) is 18.2. The van der Waals surface area contributed by atoms with Crippen LogP contribution in [0.4, 0.5) is 4.79 Å². The van der Waals surface area contributed by atoms with Gasteiger partial charge in [-0.25, -0.2) is 4.79 Å². The molecule has 0 bridgehead atoms. The lowest BCUT2D eigenvalue weighted by molar-refractivity contribution is 0.106. The zero-order valence-corrected chi connectivity index (χ0v) is 15.9. The van der Waals surface area contributed by atoms with E-state index in [1.165, 1.54) is 25.7 Å². The van der Waals surface area contributed by atoms with E-state index in [1.54, 1.807) is 10.9 Å². The van der Waals surface area contributed by atoms with E-state index in [9.17, 15) is 4.79 Å². The lowest BCUT2D eigenvalue weighted by atomic mass is 9.85. The highest BCUT2D eigenvalue weighted by atomic mass is 16.2. The third-order valence-electron chi connectivity index (χ3n) is 5.94. The lowest BCUT2D eigenvalue weighted by Crippen LogP contribution is -2.50. The summed E-state index contributed by atoms with van der Waals surface area (Å²) in [5.41, 5.74) is 1.03. The summed E-state index contributed by atoms with van der Waals surface area (Å²) < 4.78 is 1.76. The van der Waals surface area contributed by atoms with Gasteiger partial charge in [-0.1, -0.05) is 6.92 Å². The molecule has 2 fully saturated rings. The molecular formula is C19H33N5O. The van der Waals surface area contributed by atoms with Crippen LogP contribution in [0.1, 0.15) is 64.0 Å². The number of nitrogens with one attached hydrogen (secondary N) is 2. The Labute approximate surface area is 151 Å². The molecule has 1 aromatic rings. The maximum atomic E-state index is 12.3. The molecule has 140 valence electrons. The number of carbonyl (C=O) groups is 1. The molecule has 2 amide bonds. The highest BCUT2D eigenvalue weighted by Crippen LogP contribution is 2.28. The Bertz CT molecular complexity index is 556. The van der Waals surface area contributed by atoms with Crippen LogP contribution < -0.4 is 10.6 Å². The van der Waals surface area contributed by atoms with Crippen molar-refractivity contribution in [1.82, 2.24) is 25.3 Å². The van der Waals surface area contributed by atoms with Crippen molar-refractivity contribution in [3.05, 3.63) is 18.0 Å². The summed E-state index contributed by atoms with van der Waals surface area (Å²) in [4.78, 5) is 14.9. The van der Waals surface area contributed by atoms with E-state index >= 15 is 0 Å². The van der Waals surface area contributed by atoms with E-state index in [-0.39, 0.29) is 12.1 Å². The normalized spacial score (nSPS) is 27.0. The molecule has 25 heavy (non-hydrogen) atoms. The van der Waals surface area contributed by atoms with Gasteiger partial charge in [0, 0.05) is 44.0 Å². The molecule has 0 aromatic carbocycles. The largest absolute Gasteiger partial charge is 0.335 e. The molecule has 6 heteroatoms. The predicted molar refractivity (Wildman–Crippen MR) is 99.3 cm³/mol. The second-order valence-corrected chi connectivity index (χ2v) is 8.01. The summed E-state index contributed by atoms with van der Waals surface area (Å²) in [6, 6.07) is 0.968. The number of aromatic nitrogens is 2. The van der Waals surface area contributed by atoms with Crippen molar-refractivity contribution in [1.29, 1.82) is 0 Å². The number of amides is 2. The van der Waals surface area contributed by atoms with E-state index in [4.69, 9.17) is 0 Å². The minimum atomic E-state index is -0.0682. The third kappa shape index (κ3) is 4.97. The predicted octanol–water partition coefficient (Wildman–Crippen LogP) is 2.82. The summed E-state index contributed by atoms with van der Waals surface area (Å²) in [6.45, 7) is 6.59. The van der Waals surface area contributed by atoms with Gasteiger partial charge in [0.2, 0.25) is 0 Å². The van der Waals surface area contributed by atoms with Gasteiger partial charge in [-0.3, -0.25) is 4.68 Å². The number of urea groups is 1. The first-order valence-corrected chi connectivity index (χ1v) is 9.81. The summed E-state index contributed by atoms with van der Waals surface area (Å²) in [7, 11) is 1.89. The van der Waals surface area contributed by atoms with Crippen LogP contribution in [0.25, 0.3) is 0 Å². The Kier molecular flexibility index (Phi) is 5.99. The van der Waals surface area contributed by atoms with Gasteiger partial charge in [0.05, 0.1) is 12.2 Å². The van der Waals surface area contributed by atoms with E-state index in [0.717, 1.165) is 43.5 Å². The number of hydrogen-bond donors (Lipinski definition) is 2. The van der Waals surface area contributed by atoms with Gasteiger partial charge in [-0.05, 0) is 51.4 Å². The Morgan fingerprint density at radius 3 is 2.48 bits per heavy atom. The van der Waals surface area contributed by atoms with Crippen molar-refractivity contribution in [2.75, 3.05) is 13.1 Å². The quantitative estimate of drug-likeness (QED) is 0.880.